The van der Waals surface area contributed by atoms with E-state index in [1.54, 1.807) is 0 Å². The van der Waals surface area contributed by atoms with E-state index in [0.29, 0.717) is 0 Å². The molecule has 0 atom stereocenters. The number of rotatable bonds is 2. The third-order valence-electron chi connectivity index (χ3n) is 1.98. The molecule has 0 bridgehead atoms. The first-order valence-corrected chi connectivity index (χ1v) is 5.68. The molecule has 1 aromatic carbocycles. The van der Waals surface area contributed by atoms with Crippen LogP contribution in [-0.4, -0.2) is 11.1 Å². The van der Waals surface area contributed by atoms with Gasteiger partial charge in [0.05, 0.1) is 17.0 Å². The topological polar surface area (TPSA) is 25.0 Å². The highest BCUT2D eigenvalue weighted by Gasteiger charge is 2.08. The Morgan fingerprint density at radius 2 is 2.14 bits per heavy atom. The first-order chi connectivity index (χ1) is 6.68. The molecule has 0 fully saturated rings. The van der Waals surface area contributed by atoms with Gasteiger partial charge in [0, 0.05) is 9.77 Å². The van der Waals surface area contributed by atoms with Crippen LogP contribution in [0, 0.1) is 3.57 Å². The summed E-state index contributed by atoms with van der Waals surface area (Å²) in [4.78, 5) is 3.21. The van der Waals surface area contributed by atoms with Gasteiger partial charge in [-0.1, -0.05) is 6.07 Å². The summed E-state index contributed by atoms with van der Waals surface area (Å²) in [6.45, 7) is 4.08. The number of fused-ring (bicyclic) bond motifs is 1. The molecule has 0 radical (unpaired) electrons. The number of benzene rings is 1. The highest BCUT2D eigenvalue weighted by molar-refractivity contribution is 14.1. The van der Waals surface area contributed by atoms with Crippen LogP contribution in [-0.2, 0) is 0 Å². The largest absolute Gasteiger partial charge is 0.490 e. The van der Waals surface area contributed by atoms with Crippen LogP contribution in [0.5, 0.6) is 5.75 Å². The van der Waals surface area contributed by atoms with Gasteiger partial charge in [-0.15, -0.1) is 0 Å². The maximum atomic E-state index is 5.74. The first kappa shape index (κ1) is 9.83. The predicted molar refractivity (Wildman–Crippen MR) is 66.8 cm³/mol. The Morgan fingerprint density at radius 1 is 1.36 bits per heavy atom. The van der Waals surface area contributed by atoms with Gasteiger partial charge in [-0.2, -0.15) is 0 Å². The Morgan fingerprint density at radius 3 is 2.86 bits per heavy atom. The van der Waals surface area contributed by atoms with Gasteiger partial charge < -0.3 is 9.72 Å². The highest BCUT2D eigenvalue weighted by Crippen LogP contribution is 2.30. The van der Waals surface area contributed by atoms with E-state index >= 15 is 0 Å². The number of hydrogen-bond donors (Lipinski definition) is 1. The van der Waals surface area contributed by atoms with Gasteiger partial charge in [-0.05, 0) is 48.6 Å². The summed E-state index contributed by atoms with van der Waals surface area (Å²) in [5.41, 5.74) is 1.13. The van der Waals surface area contributed by atoms with E-state index in [9.17, 15) is 0 Å². The van der Waals surface area contributed by atoms with Gasteiger partial charge in [0.2, 0.25) is 0 Å². The van der Waals surface area contributed by atoms with E-state index in [4.69, 9.17) is 4.74 Å². The maximum Gasteiger partial charge on any atom is 0.130 e. The van der Waals surface area contributed by atoms with Crippen LogP contribution in [0.2, 0.25) is 0 Å². The second kappa shape index (κ2) is 3.81. The second-order valence-corrected chi connectivity index (χ2v) is 4.64. The van der Waals surface area contributed by atoms with E-state index in [-0.39, 0.29) is 6.10 Å². The molecule has 1 aromatic heterocycles. The van der Waals surface area contributed by atoms with Gasteiger partial charge in [0.1, 0.15) is 5.75 Å². The lowest BCUT2D eigenvalue weighted by Gasteiger charge is -2.10. The van der Waals surface area contributed by atoms with Crippen LogP contribution in [0.15, 0.2) is 24.4 Å². The van der Waals surface area contributed by atoms with Crippen LogP contribution in [0.25, 0.3) is 10.9 Å². The normalized spacial score (nSPS) is 11.1. The minimum Gasteiger partial charge on any atom is -0.490 e. The molecule has 1 N–H and O–H groups in total. The number of halogens is 1. The lowest BCUT2D eigenvalue weighted by Crippen LogP contribution is -2.05. The molecule has 0 saturated heterocycles. The fourth-order valence-electron chi connectivity index (χ4n) is 1.46. The minimum atomic E-state index is 0.214. The third-order valence-corrected chi connectivity index (χ3v) is 2.83. The molecule has 0 spiro atoms. The van der Waals surface area contributed by atoms with Crippen LogP contribution in [0.1, 0.15) is 13.8 Å². The summed E-state index contributed by atoms with van der Waals surface area (Å²) in [5.74, 6) is 0.961. The maximum absolute atomic E-state index is 5.74. The monoisotopic (exact) mass is 301 g/mol. The van der Waals surface area contributed by atoms with E-state index in [2.05, 4.69) is 33.6 Å². The average Bonchev–Trinajstić information content (AvgIpc) is 2.48. The summed E-state index contributed by atoms with van der Waals surface area (Å²) in [7, 11) is 0. The van der Waals surface area contributed by atoms with Crippen molar-refractivity contribution >= 4 is 33.5 Å². The molecule has 3 heteroatoms. The zero-order chi connectivity index (χ0) is 10.1. The summed E-state index contributed by atoms with van der Waals surface area (Å²) >= 11 is 2.31. The molecule has 14 heavy (non-hydrogen) atoms. The van der Waals surface area contributed by atoms with E-state index in [0.717, 1.165) is 11.3 Å². The van der Waals surface area contributed by atoms with Gasteiger partial charge in [-0.3, -0.25) is 0 Å². The van der Waals surface area contributed by atoms with Crippen LogP contribution in [0.4, 0.5) is 0 Å². The van der Waals surface area contributed by atoms with Crippen molar-refractivity contribution in [2.75, 3.05) is 0 Å². The number of hydrogen-bond acceptors (Lipinski definition) is 1. The molecule has 1 heterocycles. The van der Waals surface area contributed by atoms with Crippen molar-refractivity contribution in [1.82, 2.24) is 4.98 Å². The Bertz CT molecular complexity index is 447. The Labute approximate surface area is 96.8 Å². The third kappa shape index (κ3) is 1.73. The molecule has 2 nitrogen and oxygen atoms in total. The van der Waals surface area contributed by atoms with E-state index in [1.807, 2.05) is 32.2 Å². The van der Waals surface area contributed by atoms with Crippen molar-refractivity contribution in [1.29, 1.82) is 0 Å². The standard InChI is InChI=1S/C11H12INO/c1-7(2)14-10-5-3-4-9-11(10)8(12)6-13-9/h3-7,13H,1-2H3. The van der Waals surface area contributed by atoms with Crippen molar-refractivity contribution in [2.24, 2.45) is 0 Å². The van der Waals surface area contributed by atoms with Gasteiger partial charge in [0.15, 0.2) is 0 Å². The number of aromatic nitrogens is 1. The fourth-order valence-corrected chi connectivity index (χ4v) is 2.18. The van der Waals surface area contributed by atoms with Gasteiger partial charge in [-0.25, -0.2) is 0 Å². The number of H-pyrrole nitrogens is 1. The molecular weight excluding hydrogens is 289 g/mol. The molecule has 2 aromatic rings. The van der Waals surface area contributed by atoms with Crippen LogP contribution >= 0.6 is 22.6 Å². The van der Waals surface area contributed by atoms with Crippen molar-refractivity contribution < 1.29 is 4.74 Å². The molecule has 0 saturated carbocycles. The Kier molecular flexibility index (Phi) is 2.67. The molecule has 0 amide bonds. The summed E-state index contributed by atoms with van der Waals surface area (Å²) < 4.78 is 6.94. The quantitative estimate of drug-likeness (QED) is 0.843. The van der Waals surface area contributed by atoms with E-state index < -0.39 is 0 Å². The lowest BCUT2D eigenvalue weighted by atomic mass is 10.2. The van der Waals surface area contributed by atoms with Gasteiger partial charge in [0.25, 0.3) is 0 Å². The molecule has 74 valence electrons. The minimum absolute atomic E-state index is 0.214. The SMILES string of the molecule is CC(C)Oc1cccc2[nH]cc(I)c12. The summed E-state index contributed by atoms with van der Waals surface area (Å²) in [6.07, 6.45) is 2.21. The van der Waals surface area contributed by atoms with Gasteiger partial charge >= 0.3 is 0 Å². The number of nitrogens with one attached hydrogen (secondary N) is 1. The van der Waals surface area contributed by atoms with E-state index in [1.165, 1.54) is 8.96 Å². The number of ether oxygens (including phenoxy) is 1. The fraction of sp³-hybridized carbons (Fsp3) is 0.273. The van der Waals surface area contributed by atoms with Crippen molar-refractivity contribution in [3.8, 4) is 5.75 Å². The van der Waals surface area contributed by atoms with Crippen molar-refractivity contribution in [3.63, 3.8) is 0 Å². The Hall–Kier alpha value is -0.710. The lowest BCUT2D eigenvalue weighted by molar-refractivity contribution is 0.245. The highest BCUT2D eigenvalue weighted by atomic mass is 127. The molecule has 0 unspecified atom stereocenters. The first-order valence-electron chi connectivity index (χ1n) is 4.60. The number of aromatic amines is 1. The molecule has 0 aliphatic rings. The summed E-state index contributed by atoms with van der Waals surface area (Å²) in [5, 5.41) is 1.18. The zero-order valence-corrected chi connectivity index (χ0v) is 10.3. The molecular formula is C11H12INO. The second-order valence-electron chi connectivity index (χ2n) is 3.48. The molecule has 0 aliphatic heterocycles. The molecule has 2 rings (SSSR count). The van der Waals surface area contributed by atoms with Crippen molar-refractivity contribution in [2.45, 2.75) is 20.0 Å². The predicted octanol–water partition coefficient (Wildman–Crippen LogP) is 3.56. The van der Waals surface area contributed by atoms with Crippen LogP contribution < -0.4 is 4.74 Å². The smallest absolute Gasteiger partial charge is 0.130 e. The zero-order valence-electron chi connectivity index (χ0n) is 8.17. The van der Waals surface area contributed by atoms with Crippen molar-refractivity contribution in [3.05, 3.63) is 28.0 Å². The average molecular weight is 301 g/mol. The molecule has 0 aliphatic carbocycles. The Balaban J connectivity index is 2.57. The van der Waals surface area contributed by atoms with Crippen LogP contribution in [0.3, 0.4) is 0 Å². The summed E-state index contributed by atoms with van der Waals surface area (Å²) in [6, 6.07) is 6.08.